The molecule has 0 aromatic heterocycles. The molecule has 21 heavy (non-hydrogen) atoms. The minimum absolute atomic E-state index is 0.239. The number of benzene rings is 2. The fraction of sp³-hybridized carbons (Fsp3) is 0.125. The Labute approximate surface area is 127 Å². The van der Waals surface area contributed by atoms with Gasteiger partial charge in [0.05, 0.1) is 0 Å². The lowest BCUT2D eigenvalue weighted by Gasteiger charge is -2.09. The molecule has 0 aliphatic heterocycles. The molecule has 0 aliphatic carbocycles. The molecule has 5 heteroatoms. The van der Waals surface area contributed by atoms with Crippen LogP contribution in [0.2, 0.25) is 0 Å². The first-order valence-electron chi connectivity index (χ1n) is 6.49. The van der Waals surface area contributed by atoms with E-state index in [0.717, 1.165) is 11.4 Å². The van der Waals surface area contributed by atoms with Gasteiger partial charge in [-0.25, -0.2) is 0 Å². The third kappa shape index (κ3) is 5.71. The van der Waals surface area contributed by atoms with E-state index in [1.807, 2.05) is 60.7 Å². The highest BCUT2D eigenvalue weighted by Crippen LogP contribution is 2.16. The molecule has 0 aliphatic rings. The van der Waals surface area contributed by atoms with E-state index in [0.29, 0.717) is 5.17 Å². The van der Waals surface area contributed by atoms with Crippen LogP contribution in [0.1, 0.15) is 5.56 Å². The van der Waals surface area contributed by atoms with Crippen molar-refractivity contribution in [3.8, 4) is 0 Å². The number of rotatable bonds is 5. The first kappa shape index (κ1) is 15.1. The first-order valence-corrected chi connectivity index (χ1v) is 7.47. The smallest absolute Gasteiger partial charge is 0.325 e. The third-order valence-corrected chi connectivity index (χ3v) is 3.58. The number of thioether (sulfide) groups is 1. The van der Waals surface area contributed by atoms with Gasteiger partial charge < -0.3 is 10.4 Å². The molecule has 4 nitrogen and oxygen atoms in total. The Balaban J connectivity index is 2.02. The van der Waals surface area contributed by atoms with Gasteiger partial charge in [0.2, 0.25) is 0 Å². The first-order chi connectivity index (χ1) is 10.2. The number of aliphatic imine (C=N–C) groups is 1. The Bertz CT molecular complexity index is 600. The Hall–Kier alpha value is -2.27. The average Bonchev–Trinajstić information content (AvgIpc) is 2.52. The molecular formula is C16H16N2O2S. The van der Waals surface area contributed by atoms with Crippen LogP contribution in [0, 0.1) is 0 Å². The van der Waals surface area contributed by atoms with Gasteiger partial charge in [-0.15, -0.1) is 0 Å². The molecule has 0 unspecified atom stereocenters. The summed E-state index contributed by atoms with van der Waals surface area (Å²) in [6.07, 6.45) is 0. The Morgan fingerprint density at radius 1 is 1.05 bits per heavy atom. The van der Waals surface area contributed by atoms with E-state index >= 15 is 0 Å². The number of carbonyl (C=O) groups is 1. The number of nitrogens with one attached hydrogen (secondary N) is 1. The SMILES string of the molecule is O=C(O)CN=C(Nc1ccccc1)SCc1ccccc1. The van der Waals surface area contributed by atoms with Crippen molar-refractivity contribution in [1.29, 1.82) is 0 Å². The van der Waals surface area contributed by atoms with Gasteiger partial charge in [0, 0.05) is 11.4 Å². The van der Waals surface area contributed by atoms with Crippen LogP contribution in [0.15, 0.2) is 65.7 Å². The minimum atomic E-state index is -0.942. The number of aliphatic carboxylic acids is 1. The topological polar surface area (TPSA) is 61.7 Å². The molecular weight excluding hydrogens is 284 g/mol. The van der Waals surface area contributed by atoms with Crippen molar-refractivity contribution in [2.45, 2.75) is 5.75 Å². The van der Waals surface area contributed by atoms with Gasteiger partial charge in [-0.3, -0.25) is 9.79 Å². The largest absolute Gasteiger partial charge is 0.480 e. The van der Waals surface area contributed by atoms with E-state index in [1.54, 1.807) is 0 Å². The third-order valence-electron chi connectivity index (χ3n) is 2.60. The maximum atomic E-state index is 10.7. The Morgan fingerprint density at radius 2 is 1.67 bits per heavy atom. The minimum Gasteiger partial charge on any atom is -0.480 e. The summed E-state index contributed by atoms with van der Waals surface area (Å²) in [5, 5.41) is 12.5. The highest BCUT2D eigenvalue weighted by Gasteiger charge is 2.04. The van der Waals surface area contributed by atoms with Gasteiger partial charge in [-0.2, -0.15) is 0 Å². The second kappa shape index (κ2) is 8.11. The molecule has 0 spiro atoms. The summed E-state index contributed by atoms with van der Waals surface area (Å²) >= 11 is 1.49. The molecule has 0 saturated carbocycles. The molecule has 2 aromatic rings. The number of nitrogens with zero attached hydrogens (tertiary/aromatic N) is 1. The molecule has 0 radical (unpaired) electrons. The number of anilines is 1. The monoisotopic (exact) mass is 300 g/mol. The number of amidine groups is 1. The normalized spacial score (nSPS) is 11.1. The van der Waals surface area contributed by atoms with Gasteiger partial charge in [-0.05, 0) is 17.7 Å². The summed E-state index contributed by atoms with van der Waals surface area (Å²) in [6.45, 7) is -0.239. The number of para-hydroxylation sites is 1. The molecule has 2 N–H and O–H groups in total. The van der Waals surface area contributed by atoms with Gasteiger partial charge >= 0.3 is 5.97 Å². The summed E-state index contributed by atoms with van der Waals surface area (Å²) in [5.41, 5.74) is 2.06. The summed E-state index contributed by atoms with van der Waals surface area (Å²) in [6, 6.07) is 19.6. The van der Waals surface area contributed by atoms with Crippen molar-refractivity contribution in [2.75, 3.05) is 11.9 Å². The zero-order valence-electron chi connectivity index (χ0n) is 11.4. The van der Waals surface area contributed by atoms with Gasteiger partial charge in [0.1, 0.15) is 6.54 Å². The van der Waals surface area contributed by atoms with E-state index in [-0.39, 0.29) is 6.54 Å². The second-order valence-corrected chi connectivity index (χ2v) is 5.24. The van der Waals surface area contributed by atoms with Crippen molar-refractivity contribution < 1.29 is 9.90 Å². The van der Waals surface area contributed by atoms with Crippen molar-refractivity contribution in [1.82, 2.24) is 0 Å². The predicted octanol–water partition coefficient (Wildman–Crippen LogP) is 3.47. The lowest BCUT2D eigenvalue weighted by molar-refractivity contribution is -0.135. The van der Waals surface area contributed by atoms with Gasteiger partial charge in [0.25, 0.3) is 0 Å². The van der Waals surface area contributed by atoms with Crippen molar-refractivity contribution in [3.63, 3.8) is 0 Å². The van der Waals surface area contributed by atoms with Crippen LogP contribution in [0.25, 0.3) is 0 Å². The average molecular weight is 300 g/mol. The molecule has 2 aromatic carbocycles. The summed E-state index contributed by atoms with van der Waals surface area (Å²) in [7, 11) is 0. The lowest BCUT2D eigenvalue weighted by atomic mass is 10.2. The van der Waals surface area contributed by atoms with Crippen molar-refractivity contribution in [3.05, 3.63) is 66.2 Å². The highest BCUT2D eigenvalue weighted by atomic mass is 32.2. The molecule has 0 fully saturated rings. The number of carboxylic acid groups (broad SMARTS) is 1. The van der Waals surface area contributed by atoms with E-state index < -0.39 is 5.97 Å². The molecule has 0 saturated heterocycles. The van der Waals surface area contributed by atoms with E-state index in [4.69, 9.17) is 5.11 Å². The van der Waals surface area contributed by atoms with E-state index in [9.17, 15) is 4.79 Å². The zero-order valence-corrected chi connectivity index (χ0v) is 12.2. The molecule has 0 atom stereocenters. The Morgan fingerprint density at radius 3 is 2.29 bits per heavy atom. The molecule has 0 amide bonds. The Kier molecular flexibility index (Phi) is 5.84. The summed E-state index contributed by atoms with van der Waals surface area (Å²) in [4.78, 5) is 14.8. The molecule has 108 valence electrons. The fourth-order valence-corrected chi connectivity index (χ4v) is 2.47. The van der Waals surface area contributed by atoms with Crippen LogP contribution in [0.4, 0.5) is 5.69 Å². The van der Waals surface area contributed by atoms with Crippen LogP contribution < -0.4 is 5.32 Å². The van der Waals surface area contributed by atoms with E-state index in [1.165, 1.54) is 17.3 Å². The van der Waals surface area contributed by atoms with Crippen LogP contribution >= 0.6 is 11.8 Å². The zero-order chi connectivity index (χ0) is 14.9. The molecule has 0 bridgehead atoms. The number of hydrogen-bond acceptors (Lipinski definition) is 3. The van der Waals surface area contributed by atoms with Crippen LogP contribution in [-0.2, 0) is 10.5 Å². The molecule has 0 heterocycles. The lowest BCUT2D eigenvalue weighted by Crippen LogP contribution is -2.11. The van der Waals surface area contributed by atoms with E-state index in [2.05, 4.69) is 10.3 Å². The number of carboxylic acids is 1. The van der Waals surface area contributed by atoms with Gasteiger partial charge in [-0.1, -0.05) is 60.3 Å². The fourth-order valence-electron chi connectivity index (χ4n) is 1.63. The summed E-state index contributed by atoms with van der Waals surface area (Å²) < 4.78 is 0. The van der Waals surface area contributed by atoms with Crippen LogP contribution in [0.3, 0.4) is 0 Å². The van der Waals surface area contributed by atoms with Crippen LogP contribution in [-0.4, -0.2) is 22.8 Å². The van der Waals surface area contributed by atoms with Gasteiger partial charge in [0.15, 0.2) is 5.17 Å². The summed E-state index contributed by atoms with van der Waals surface area (Å²) in [5.74, 6) is -0.207. The second-order valence-electron chi connectivity index (χ2n) is 4.28. The molecule has 2 rings (SSSR count). The van der Waals surface area contributed by atoms with Crippen molar-refractivity contribution in [2.24, 2.45) is 4.99 Å². The predicted molar refractivity (Wildman–Crippen MR) is 87.7 cm³/mol. The standard InChI is InChI=1S/C16H16N2O2S/c19-15(20)11-17-16(18-14-9-5-2-6-10-14)21-12-13-7-3-1-4-8-13/h1-10H,11-12H2,(H,17,18)(H,19,20). The highest BCUT2D eigenvalue weighted by molar-refractivity contribution is 8.13. The maximum Gasteiger partial charge on any atom is 0.325 e. The number of hydrogen-bond donors (Lipinski definition) is 2. The maximum absolute atomic E-state index is 10.7. The van der Waals surface area contributed by atoms with Crippen LogP contribution in [0.5, 0.6) is 0 Å². The van der Waals surface area contributed by atoms with Crippen molar-refractivity contribution >= 4 is 28.6 Å². The quantitative estimate of drug-likeness (QED) is 0.655.